The highest BCUT2D eigenvalue weighted by Gasteiger charge is 2.31. The van der Waals surface area contributed by atoms with E-state index in [0.29, 0.717) is 12.1 Å². The molecule has 3 N–H and O–H groups in total. The fourth-order valence-corrected chi connectivity index (χ4v) is 4.02. The molecular formula is C13H17N3O3S2. The molecule has 0 saturated carbocycles. The summed E-state index contributed by atoms with van der Waals surface area (Å²) in [5, 5.41) is 2.40. The number of sulfonamides is 1. The first kappa shape index (κ1) is 15.8. The highest BCUT2D eigenvalue weighted by Crippen LogP contribution is 2.26. The van der Waals surface area contributed by atoms with Gasteiger partial charge in [0.05, 0.1) is 10.1 Å². The lowest BCUT2D eigenvalue weighted by Gasteiger charge is -2.02. The molecule has 0 spiro atoms. The Morgan fingerprint density at radius 3 is 2.62 bits per heavy atom. The number of thioether (sulfide) groups is 1. The molecule has 1 unspecified atom stereocenters. The minimum atomic E-state index is -3.83. The maximum absolute atomic E-state index is 12.1. The Kier molecular flexibility index (Phi) is 4.89. The van der Waals surface area contributed by atoms with E-state index in [4.69, 9.17) is 5.73 Å². The highest BCUT2D eigenvalue weighted by atomic mass is 32.2. The first-order valence-electron chi connectivity index (χ1n) is 6.60. The Hall–Kier alpha value is -1.54. The fourth-order valence-electron chi connectivity index (χ4n) is 1.83. The van der Waals surface area contributed by atoms with E-state index in [9.17, 15) is 13.2 Å². The van der Waals surface area contributed by atoms with Crippen LogP contribution in [-0.4, -0.2) is 24.7 Å². The van der Waals surface area contributed by atoms with Gasteiger partial charge in [-0.25, -0.2) is 0 Å². The molecule has 1 aromatic rings. The van der Waals surface area contributed by atoms with E-state index < -0.39 is 10.0 Å². The first-order chi connectivity index (χ1) is 9.92. The summed E-state index contributed by atoms with van der Waals surface area (Å²) in [5.41, 5.74) is 6.00. The maximum Gasteiger partial charge on any atom is 0.284 e. The number of hydrogen-bond acceptors (Lipinski definition) is 5. The van der Waals surface area contributed by atoms with Crippen LogP contribution in [0.15, 0.2) is 33.6 Å². The van der Waals surface area contributed by atoms with E-state index in [1.807, 2.05) is 6.92 Å². The molecule has 1 fully saturated rings. The summed E-state index contributed by atoms with van der Waals surface area (Å²) in [6, 6.07) is 5.78. The first-order valence-corrected chi connectivity index (χ1v) is 8.92. The van der Waals surface area contributed by atoms with E-state index in [1.165, 1.54) is 36.0 Å². The van der Waals surface area contributed by atoms with E-state index in [2.05, 4.69) is 9.71 Å². The van der Waals surface area contributed by atoms with Crippen LogP contribution in [0.5, 0.6) is 0 Å². The number of carbonyl (C=O) groups excluding carboxylic acids is 1. The molecular weight excluding hydrogens is 310 g/mol. The Morgan fingerprint density at radius 1 is 1.33 bits per heavy atom. The van der Waals surface area contributed by atoms with E-state index in [0.717, 1.165) is 12.8 Å². The van der Waals surface area contributed by atoms with Crippen molar-refractivity contribution in [3.05, 3.63) is 24.3 Å². The number of unbranched alkanes of at least 4 members (excludes halogenated alkanes) is 1. The normalized spacial score (nSPS) is 20.7. The molecule has 1 amide bonds. The molecule has 2 rings (SSSR count). The average Bonchev–Trinajstić information content (AvgIpc) is 2.76. The zero-order chi connectivity index (χ0) is 15.5. The van der Waals surface area contributed by atoms with Crippen molar-refractivity contribution in [1.29, 1.82) is 0 Å². The van der Waals surface area contributed by atoms with Crippen LogP contribution in [0, 0.1) is 0 Å². The van der Waals surface area contributed by atoms with E-state index >= 15 is 0 Å². The molecule has 0 radical (unpaired) electrons. The van der Waals surface area contributed by atoms with Gasteiger partial charge in [-0.1, -0.05) is 31.5 Å². The molecule has 1 atom stereocenters. The van der Waals surface area contributed by atoms with Crippen molar-refractivity contribution in [3.63, 3.8) is 0 Å². The highest BCUT2D eigenvalue weighted by molar-refractivity contribution is 8.16. The maximum atomic E-state index is 12.1. The summed E-state index contributed by atoms with van der Waals surface area (Å²) in [4.78, 5) is 11.8. The van der Waals surface area contributed by atoms with Crippen molar-refractivity contribution in [3.8, 4) is 0 Å². The van der Waals surface area contributed by atoms with Crippen LogP contribution in [0.4, 0.5) is 5.69 Å². The molecule has 1 saturated heterocycles. The minimum Gasteiger partial charge on any atom is -0.399 e. The summed E-state index contributed by atoms with van der Waals surface area (Å²) in [7, 11) is -3.83. The third-order valence-electron chi connectivity index (χ3n) is 2.98. The van der Waals surface area contributed by atoms with Gasteiger partial charge >= 0.3 is 0 Å². The van der Waals surface area contributed by atoms with Gasteiger partial charge in [0.25, 0.3) is 10.0 Å². The number of nitrogens with two attached hydrogens (primary N) is 1. The molecule has 114 valence electrons. The standard InChI is InChI=1S/C13H17N3O3S2/c1-2-3-4-11-12(17)15-13(20-11)16-21(18,19)10-7-5-9(14)6-8-10/h5-8,11H,2-4,14H2,1H3,(H,15,16,17). The Bertz CT molecular complexity index is 654. The van der Waals surface area contributed by atoms with Gasteiger partial charge in [-0.2, -0.15) is 8.42 Å². The lowest BCUT2D eigenvalue weighted by atomic mass is 10.2. The average molecular weight is 327 g/mol. The van der Waals surface area contributed by atoms with Crippen LogP contribution in [0.2, 0.25) is 0 Å². The van der Waals surface area contributed by atoms with Gasteiger partial charge in [0, 0.05) is 5.69 Å². The van der Waals surface area contributed by atoms with Crippen molar-refractivity contribution in [2.45, 2.75) is 36.3 Å². The van der Waals surface area contributed by atoms with Crippen molar-refractivity contribution in [2.75, 3.05) is 5.73 Å². The second-order valence-electron chi connectivity index (χ2n) is 4.68. The van der Waals surface area contributed by atoms with Crippen molar-refractivity contribution >= 4 is 38.5 Å². The van der Waals surface area contributed by atoms with Crippen LogP contribution in [0.1, 0.15) is 26.2 Å². The summed E-state index contributed by atoms with van der Waals surface area (Å²) in [6.45, 7) is 2.04. The fraction of sp³-hybridized carbons (Fsp3) is 0.385. The van der Waals surface area contributed by atoms with Crippen LogP contribution < -0.4 is 11.1 Å². The number of nitrogens with zero attached hydrogens (tertiary/aromatic N) is 1. The van der Waals surface area contributed by atoms with Crippen molar-refractivity contribution in [1.82, 2.24) is 5.32 Å². The molecule has 1 aliphatic heterocycles. The van der Waals surface area contributed by atoms with Crippen molar-refractivity contribution in [2.24, 2.45) is 4.40 Å². The van der Waals surface area contributed by atoms with Crippen LogP contribution in [-0.2, 0) is 14.8 Å². The van der Waals surface area contributed by atoms with Gasteiger partial charge in [-0.3, -0.25) is 4.79 Å². The molecule has 1 aromatic carbocycles. The van der Waals surface area contributed by atoms with Gasteiger partial charge in [-0.05, 0) is 30.7 Å². The predicted octanol–water partition coefficient (Wildman–Crippen LogP) is 1.74. The van der Waals surface area contributed by atoms with E-state index in [-0.39, 0.29) is 21.2 Å². The van der Waals surface area contributed by atoms with Crippen LogP contribution in [0.3, 0.4) is 0 Å². The number of nitrogens with one attached hydrogen (secondary N) is 1. The lowest BCUT2D eigenvalue weighted by Crippen LogP contribution is -2.25. The molecule has 1 heterocycles. The number of nitrogen functional groups attached to an aromatic ring is 1. The lowest BCUT2D eigenvalue weighted by molar-refractivity contribution is -0.118. The molecule has 6 nitrogen and oxygen atoms in total. The SMILES string of the molecule is CCCCC1S/C(=N/S(=O)(=O)c2ccc(N)cc2)NC1=O. The second kappa shape index (κ2) is 6.48. The Balaban J connectivity index is 2.16. The number of carbonyl (C=O) groups is 1. The molecule has 8 heteroatoms. The van der Waals surface area contributed by atoms with Gasteiger partial charge in [-0.15, -0.1) is 4.40 Å². The quantitative estimate of drug-likeness (QED) is 0.802. The molecule has 0 aliphatic carbocycles. The summed E-state index contributed by atoms with van der Waals surface area (Å²) < 4.78 is 28.0. The molecule has 1 aliphatic rings. The zero-order valence-electron chi connectivity index (χ0n) is 11.6. The summed E-state index contributed by atoms with van der Waals surface area (Å²) in [5.74, 6) is -0.181. The topological polar surface area (TPSA) is 102 Å². The minimum absolute atomic E-state index is 0.0519. The summed E-state index contributed by atoms with van der Waals surface area (Å²) >= 11 is 1.17. The molecule has 21 heavy (non-hydrogen) atoms. The van der Waals surface area contributed by atoms with Crippen LogP contribution >= 0.6 is 11.8 Å². The number of anilines is 1. The van der Waals surface area contributed by atoms with Crippen LogP contribution in [0.25, 0.3) is 0 Å². The third kappa shape index (κ3) is 3.98. The molecule has 0 bridgehead atoms. The Labute approximate surface area is 128 Å². The Morgan fingerprint density at radius 2 is 2.00 bits per heavy atom. The van der Waals surface area contributed by atoms with Gasteiger partial charge in [0.2, 0.25) is 5.91 Å². The summed E-state index contributed by atoms with van der Waals surface area (Å²) in [6.07, 6.45) is 2.62. The second-order valence-corrected chi connectivity index (χ2v) is 7.47. The number of amidine groups is 1. The predicted molar refractivity (Wildman–Crippen MR) is 84.5 cm³/mol. The van der Waals surface area contributed by atoms with Gasteiger partial charge in [0.1, 0.15) is 0 Å². The number of benzene rings is 1. The van der Waals surface area contributed by atoms with Gasteiger partial charge in [0.15, 0.2) is 5.17 Å². The third-order valence-corrected chi connectivity index (χ3v) is 5.53. The largest absolute Gasteiger partial charge is 0.399 e. The van der Waals surface area contributed by atoms with Gasteiger partial charge < -0.3 is 11.1 Å². The number of hydrogen-bond donors (Lipinski definition) is 2. The monoisotopic (exact) mass is 327 g/mol. The number of amides is 1. The number of rotatable bonds is 5. The van der Waals surface area contributed by atoms with E-state index in [1.54, 1.807) is 0 Å². The van der Waals surface area contributed by atoms with Crippen molar-refractivity contribution < 1.29 is 13.2 Å². The zero-order valence-corrected chi connectivity index (χ0v) is 13.2. The molecule has 0 aromatic heterocycles. The smallest absolute Gasteiger partial charge is 0.284 e.